The Morgan fingerprint density at radius 3 is 2.78 bits per heavy atom. The third-order valence-electron chi connectivity index (χ3n) is 4.18. The summed E-state index contributed by atoms with van der Waals surface area (Å²) in [6, 6.07) is 11.8. The summed E-state index contributed by atoms with van der Waals surface area (Å²) >= 11 is 0. The molecule has 4 rings (SSSR count). The molecule has 0 saturated carbocycles. The smallest absolute Gasteiger partial charge is 0.291 e. The van der Waals surface area contributed by atoms with E-state index in [1.54, 1.807) is 10.7 Å². The monoisotopic (exact) mass is 361 g/mol. The van der Waals surface area contributed by atoms with Gasteiger partial charge in [0.2, 0.25) is 5.82 Å². The number of hydrogen-bond acceptors (Lipinski definition) is 5. The van der Waals surface area contributed by atoms with Gasteiger partial charge >= 0.3 is 0 Å². The first kappa shape index (κ1) is 16.9. The van der Waals surface area contributed by atoms with Crippen LogP contribution in [-0.2, 0) is 6.42 Å². The number of para-hydroxylation sites is 1. The molecule has 8 heteroatoms. The predicted molar refractivity (Wildman–Crippen MR) is 99.9 cm³/mol. The summed E-state index contributed by atoms with van der Waals surface area (Å²) in [7, 11) is 0. The average molecular weight is 361 g/mol. The molecule has 0 saturated heterocycles. The molecule has 1 N–H and O–H groups in total. The van der Waals surface area contributed by atoms with Crippen LogP contribution in [-0.4, -0.2) is 41.8 Å². The molecule has 0 bridgehead atoms. The van der Waals surface area contributed by atoms with Crippen LogP contribution in [0.3, 0.4) is 0 Å². The van der Waals surface area contributed by atoms with Crippen molar-refractivity contribution in [3.05, 3.63) is 71.6 Å². The molecule has 8 nitrogen and oxygen atoms in total. The van der Waals surface area contributed by atoms with E-state index in [4.69, 9.17) is 0 Å². The highest BCUT2D eigenvalue weighted by Gasteiger charge is 2.14. The van der Waals surface area contributed by atoms with Gasteiger partial charge in [-0.1, -0.05) is 18.2 Å². The lowest BCUT2D eigenvalue weighted by Gasteiger charge is -2.01. The number of fused-ring (bicyclic) bond motifs is 1. The summed E-state index contributed by atoms with van der Waals surface area (Å²) < 4.78 is 3.39. The minimum absolute atomic E-state index is 0.121. The van der Waals surface area contributed by atoms with Crippen LogP contribution in [0.25, 0.3) is 11.5 Å². The zero-order chi connectivity index (χ0) is 18.8. The molecule has 0 unspecified atom stereocenters. The van der Waals surface area contributed by atoms with Crippen LogP contribution in [0.4, 0.5) is 0 Å². The van der Waals surface area contributed by atoms with Gasteiger partial charge in [-0.2, -0.15) is 10.1 Å². The van der Waals surface area contributed by atoms with E-state index in [0.717, 1.165) is 22.6 Å². The first-order valence-electron chi connectivity index (χ1n) is 8.68. The molecule has 4 aromatic rings. The Balaban J connectivity index is 1.39. The number of amides is 1. The zero-order valence-electron chi connectivity index (χ0n) is 15.1. The van der Waals surface area contributed by atoms with Crippen molar-refractivity contribution in [3.63, 3.8) is 0 Å². The summed E-state index contributed by atoms with van der Waals surface area (Å²) in [5.74, 6) is 0.242. The van der Waals surface area contributed by atoms with Crippen LogP contribution in [0.1, 0.15) is 27.6 Å². The van der Waals surface area contributed by atoms with Crippen molar-refractivity contribution >= 4 is 11.7 Å². The maximum absolute atomic E-state index is 12.3. The largest absolute Gasteiger partial charge is 0.349 e. The van der Waals surface area contributed by atoms with Gasteiger partial charge in [0, 0.05) is 24.1 Å². The van der Waals surface area contributed by atoms with E-state index in [1.165, 1.54) is 0 Å². The molecule has 0 spiro atoms. The molecule has 0 radical (unpaired) electrons. The fourth-order valence-electron chi connectivity index (χ4n) is 2.87. The molecule has 1 amide bonds. The number of hydrogen-bond donors (Lipinski definition) is 1. The zero-order valence-corrected chi connectivity index (χ0v) is 15.1. The molecule has 136 valence electrons. The highest BCUT2D eigenvalue weighted by atomic mass is 16.2. The quantitative estimate of drug-likeness (QED) is 0.586. The lowest BCUT2D eigenvalue weighted by Crippen LogP contribution is -2.26. The van der Waals surface area contributed by atoms with Crippen LogP contribution in [0, 0.1) is 13.8 Å². The normalized spacial score (nSPS) is 11.0. The van der Waals surface area contributed by atoms with Crippen molar-refractivity contribution in [2.24, 2.45) is 0 Å². The topological polar surface area (TPSA) is 90.0 Å². The predicted octanol–water partition coefficient (Wildman–Crippen LogP) is 1.90. The number of nitrogens with one attached hydrogen (secondary N) is 1. The van der Waals surface area contributed by atoms with E-state index >= 15 is 0 Å². The molecule has 0 aliphatic carbocycles. The minimum atomic E-state index is -0.312. The van der Waals surface area contributed by atoms with Crippen molar-refractivity contribution in [2.75, 3.05) is 6.54 Å². The van der Waals surface area contributed by atoms with E-state index in [1.807, 2.05) is 61.1 Å². The van der Waals surface area contributed by atoms with Crippen molar-refractivity contribution in [3.8, 4) is 5.69 Å². The lowest BCUT2D eigenvalue weighted by atomic mass is 10.2. The molecule has 1 aromatic carbocycles. The van der Waals surface area contributed by atoms with Gasteiger partial charge in [0.05, 0.1) is 11.9 Å². The molecule has 0 aliphatic heterocycles. The van der Waals surface area contributed by atoms with Gasteiger partial charge in [0.1, 0.15) is 0 Å². The van der Waals surface area contributed by atoms with E-state index < -0.39 is 0 Å². The lowest BCUT2D eigenvalue weighted by molar-refractivity contribution is 0.0944. The highest BCUT2D eigenvalue weighted by Crippen LogP contribution is 2.08. The number of rotatable bonds is 5. The van der Waals surface area contributed by atoms with Crippen molar-refractivity contribution in [1.29, 1.82) is 0 Å². The maximum atomic E-state index is 12.3. The van der Waals surface area contributed by atoms with Crippen molar-refractivity contribution in [2.45, 2.75) is 20.3 Å². The number of aromatic nitrogens is 6. The second kappa shape index (κ2) is 6.99. The molecular formula is C19H19N7O. The average Bonchev–Trinajstić information content (AvgIpc) is 3.29. The summed E-state index contributed by atoms with van der Waals surface area (Å²) in [6.45, 7) is 4.26. The number of carbonyl (C=O) groups excluding carboxylic acids is 1. The van der Waals surface area contributed by atoms with Crippen LogP contribution in [0.5, 0.6) is 0 Å². The molecule has 0 fully saturated rings. The molecular weight excluding hydrogens is 342 g/mol. The van der Waals surface area contributed by atoms with Crippen LogP contribution < -0.4 is 5.32 Å². The molecule has 3 heterocycles. The standard InChI is InChI=1S/C19H19N7O/c1-13-10-14(2)26-19(22-13)23-17(24-26)18(27)20-9-8-15-11-21-25(12-15)16-6-4-3-5-7-16/h3-7,10-12H,8-9H2,1-2H3,(H,20,27). The summed E-state index contributed by atoms with van der Waals surface area (Å²) in [6.07, 6.45) is 4.43. The van der Waals surface area contributed by atoms with Gasteiger partial charge in [-0.25, -0.2) is 14.2 Å². The molecule has 3 aromatic heterocycles. The summed E-state index contributed by atoms with van der Waals surface area (Å²) in [5.41, 5.74) is 3.77. The molecule has 0 atom stereocenters. The van der Waals surface area contributed by atoms with Gasteiger partial charge in [-0.15, -0.1) is 5.10 Å². The third-order valence-corrected chi connectivity index (χ3v) is 4.18. The molecule has 0 aliphatic rings. The van der Waals surface area contributed by atoms with E-state index in [-0.39, 0.29) is 11.7 Å². The number of aryl methyl sites for hydroxylation is 2. The second-order valence-electron chi connectivity index (χ2n) is 6.32. The van der Waals surface area contributed by atoms with Crippen LogP contribution in [0.2, 0.25) is 0 Å². The van der Waals surface area contributed by atoms with E-state index in [0.29, 0.717) is 18.7 Å². The van der Waals surface area contributed by atoms with Crippen LogP contribution in [0.15, 0.2) is 48.8 Å². The van der Waals surface area contributed by atoms with Crippen LogP contribution >= 0.6 is 0 Å². The first-order chi connectivity index (χ1) is 13.1. The number of benzene rings is 1. The van der Waals surface area contributed by atoms with Crippen molar-refractivity contribution in [1.82, 2.24) is 34.7 Å². The van der Waals surface area contributed by atoms with Gasteiger partial charge in [-0.05, 0) is 44.0 Å². The minimum Gasteiger partial charge on any atom is -0.349 e. The first-order valence-corrected chi connectivity index (χ1v) is 8.68. The highest BCUT2D eigenvalue weighted by molar-refractivity contribution is 5.90. The Labute approximate surface area is 155 Å². The second-order valence-corrected chi connectivity index (χ2v) is 6.32. The summed E-state index contributed by atoms with van der Waals surface area (Å²) in [5, 5.41) is 11.4. The van der Waals surface area contributed by atoms with Gasteiger partial charge in [-0.3, -0.25) is 4.79 Å². The maximum Gasteiger partial charge on any atom is 0.291 e. The Kier molecular flexibility index (Phi) is 4.37. The molecule has 27 heavy (non-hydrogen) atoms. The Morgan fingerprint density at radius 1 is 1.15 bits per heavy atom. The SMILES string of the molecule is Cc1cc(C)n2nc(C(=O)NCCc3cnn(-c4ccccc4)c3)nc2n1. The van der Waals surface area contributed by atoms with Gasteiger partial charge in [0.25, 0.3) is 11.7 Å². The Hall–Kier alpha value is -3.55. The number of carbonyl (C=O) groups is 1. The summed E-state index contributed by atoms with van der Waals surface area (Å²) in [4.78, 5) is 20.8. The Bertz CT molecular complexity index is 1100. The third kappa shape index (κ3) is 3.55. The van der Waals surface area contributed by atoms with Gasteiger partial charge < -0.3 is 5.32 Å². The van der Waals surface area contributed by atoms with Crippen molar-refractivity contribution < 1.29 is 4.79 Å². The van der Waals surface area contributed by atoms with E-state index in [9.17, 15) is 4.79 Å². The fraction of sp³-hybridized carbons (Fsp3) is 0.211. The Morgan fingerprint density at radius 2 is 1.96 bits per heavy atom. The fourth-order valence-corrected chi connectivity index (χ4v) is 2.87. The number of nitrogens with zero attached hydrogens (tertiary/aromatic N) is 6. The van der Waals surface area contributed by atoms with Gasteiger partial charge in [0.15, 0.2) is 0 Å². The van der Waals surface area contributed by atoms with E-state index in [2.05, 4.69) is 25.5 Å².